The van der Waals surface area contributed by atoms with E-state index in [2.05, 4.69) is 20.4 Å². The third-order valence-corrected chi connectivity index (χ3v) is 6.07. The third-order valence-electron chi connectivity index (χ3n) is 6.07. The molecule has 1 aromatic heterocycles. The summed E-state index contributed by atoms with van der Waals surface area (Å²) in [5.41, 5.74) is 1.07. The molecule has 2 N–H and O–H groups in total. The highest BCUT2D eigenvalue weighted by Gasteiger charge is 2.33. The van der Waals surface area contributed by atoms with Crippen molar-refractivity contribution in [1.29, 1.82) is 0 Å². The van der Waals surface area contributed by atoms with Gasteiger partial charge in [-0.3, -0.25) is 19.5 Å². The van der Waals surface area contributed by atoms with E-state index in [1.807, 2.05) is 4.90 Å². The number of halogens is 1. The number of aromatic nitrogens is 1. The molecule has 3 heterocycles. The minimum absolute atomic E-state index is 0.0750. The molecule has 37 heavy (non-hydrogen) atoms. The number of hydrogen-bond donors (Lipinski definition) is 2. The number of benzene rings is 1. The number of cyclic esters (lactones) is 1. The van der Waals surface area contributed by atoms with Gasteiger partial charge in [-0.25, -0.2) is 14.0 Å². The van der Waals surface area contributed by atoms with Crippen LogP contribution >= 0.6 is 0 Å². The number of nitrogens with zero attached hydrogens (tertiary/aromatic N) is 4. The molecule has 4 amide bonds. The molecule has 0 aliphatic carbocycles. The van der Waals surface area contributed by atoms with E-state index in [4.69, 9.17) is 4.74 Å². The van der Waals surface area contributed by atoms with Gasteiger partial charge in [-0.15, -0.1) is 0 Å². The highest BCUT2D eigenvalue weighted by molar-refractivity contribution is 5.96. The van der Waals surface area contributed by atoms with E-state index in [9.17, 15) is 19.2 Å². The lowest BCUT2D eigenvalue weighted by Crippen LogP contribution is -2.51. The van der Waals surface area contributed by atoms with Crippen molar-refractivity contribution >= 4 is 35.4 Å². The zero-order chi connectivity index (χ0) is 26.4. The van der Waals surface area contributed by atoms with E-state index >= 15 is 4.39 Å². The normalized spacial score (nSPS) is 17.3. The second kappa shape index (κ2) is 11.5. The lowest BCUT2D eigenvalue weighted by atomic mass is 10.2. The van der Waals surface area contributed by atoms with Gasteiger partial charge >= 0.3 is 12.2 Å². The van der Waals surface area contributed by atoms with Gasteiger partial charge in [0, 0.05) is 38.6 Å². The molecule has 0 saturated carbocycles. The Morgan fingerprint density at radius 1 is 1.16 bits per heavy atom. The number of carbonyl (C=O) groups excluding carboxylic acids is 4. The van der Waals surface area contributed by atoms with Gasteiger partial charge in [-0.05, 0) is 30.3 Å². The van der Waals surface area contributed by atoms with Gasteiger partial charge in [0.15, 0.2) is 0 Å². The van der Waals surface area contributed by atoms with Crippen molar-refractivity contribution in [2.45, 2.75) is 6.10 Å². The number of pyridine rings is 1. The Kier molecular flexibility index (Phi) is 8.01. The van der Waals surface area contributed by atoms with E-state index in [0.717, 1.165) is 0 Å². The van der Waals surface area contributed by atoms with Crippen molar-refractivity contribution < 1.29 is 33.0 Å². The second-order valence-electron chi connectivity index (χ2n) is 8.42. The lowest BCUT2D eigenvalue weighted by molar-refractivity contribution is -0.130. The number of amides is 4. The first-order valence-electron chi connectivity index (χ1n) is 11.7. The van der Waals surface area contributed by atoms with E-state index in [-0.39, 0.29) is 31.4 Å². The van der Waals surface area contributed by atoms with Crippen LogP contribution in [0.15, 0.2) is 42.7 Å². The number of anilines is 2. The Morgan fingerprint density at radius 3 is 2.62 bits per heavy atom. The van der Waals surface area contributed by atoms with Gasteiger partial charge in [-0.2, -0.15) is 0 Å². The summed E-state index contributed by atoms with van der Waals surface area (Å²) in [6.45, 7) is 1.65. The molecule has 1 unspecified atom stereocenters. The summed E-state index contributed by atoms with van der Waals surface area (Å²) in [6, 6.07) is 7.72. The molecule has 2 aromatic rings. The minimum atomic E-state index is -0.638. The number of methoxy groups -OCH3 is 1. The van der Waals surface area contributed by atoms with Crippen LogP contribution < -0.4 is 20.4 Å². The Balaban J connectivity index is 1.28. The van der Waals surface area contributed by atoms with Gasteiger partial charge < -0.3 is 29.9 Å². The number of alkyl carbamates (subject to hydrolysis) is 1. The maximum Gasteiger partial charge on any atom is 0.414 e. The maximum absolute atomic E-state index is 15.0. The summed E-state index contributed by atoms with van der Waals surface area (Å²) in [5, 5.41) is 5.06. The molecule has 1 atom stereocenters. The summed E-state index contributed by atoms with van der Waals surface area (Å²) in [5.74, 6) is -1.11. The van der Waals surface area contributed by atoms with Gasteiger partial charge in [0.25, 0.3) is 5.91 Å². The number of carbonyl (C=O) groups is 4. The van der Waals surface area contributed by atoms with E-state index in [1.54, 1.807) is 35.4 Å². The monoisotopic (exact) mass is 514 g/mol. The molecule has 13 heteroatoms. The average Bonchev–Trinajstić information content (AvgIpc) is 3.31. The van der Waals surface area contributed by atoms with E-state index < -0.39 is 24.1 Å². The number of rotatable bonds is 7. The molecule has 2 aliphatic rings. The predicted octanol–water partition coefficient (Wildman–Crippen LogP) is 0.980. The molecule has 196 valence electrons. The second-order valence-corrected chi connectivity index (χ2v) is 8.42. The van der Waals surface area contributed by atoms with Crippen molar-refractivity contribution in [2.75, 3.05) is 62.7 Å². The summed E-state index contributed by atoms with van der Waals surface area (Å²) < 4.78 is 24.7. The Labute approximate surface area is 212 Å². The summed E-state index contributed by atoms with van der Waals surface area (Å²) in [6.07, 6.45) is 1.12. The largest absolute Gasteiger partial charge is 0.453 e. The molecule has 12 nitrogen and oxygen atoms in total. The highest BCUT2D eigenvalue weighted by Crippen LogP contribution is 2.28. The Morgan fingerprint density at radius 2 is 1.95 bits per heavy atom. The molecule has 2 aliphatic heterocycles. The molecule has 4 rings (SSSR count). The quantitative estimate of drug-likeness (QED) is 0.559. The van der Waals surface area contributed by atoms with Crippen LogP contribution in [0.25, 0.3) is 0 Å². The minimum Gasteiger partial charge on any atom is -0.453 e. The van der Waals surface area contributed by atoms with Crippen LogP contribution in [0.4, 0.5) is 25.4 Å². The van der Waals surface area contributed by atoms with E-state index in [0.29, 0.717) is 43.1 Å². The van der Waals surface area contributed by atoms with Crippen molar-refractivity contribution in [3.8, 4) is 0 Å². The molecule has 2 saturated heterocycles. The summed E-state index contributed by atoms with van der Waals surface area (Å²) in [7, 11) is 1.23. The van der Waals surface area contributed by atoms with Crippen LogP contribution in [-0.2, 0) is 14.3 Å². The van der Waals surface area contributed by atoms with Crippen LogP contribution in [0, 0.1) is 5.82 Å². The van der Waals surface area contributed by atoms with Gasteiger partial charge in [0.05, 0.1) is 43.7 Å². The van der Waals surface area contributed by atoms with Gasteiger partial charge in [0.2, 0.25) is 5.91 Å². The van der Waals surface area contributed by atoms with Crippen LogP contribution in [-0.4, -0.2) is 92.9 Å². The number of ether oxygens (including phenoxy) is 2. The zero-order valence-electron chi connectivity index (χ0n) is 20.2. The molecule has 0 radical (unpaired) electrons. The van der Waals surface area contributed by atoms with Crippen molar-refractivity contribution in [1.82, 2.24) is 20.5 Å². The fraction of sp³-hybridized carbons (Fsp3) is 0.375. The maximum atomic E-state index is 15.0. The van der Waals surface area contributed by atoms with Crippen LogP contribution in [0.5, 0.6) is 0 Å². The Hall–Kier alpha value is -4.42. The highest BCUT2D eigenvalue weighted by atomic mass is 19.1. The van der Waals surface area contributed by atoms with Crippen LogP contribution in [0.3, 0.4) is 0 Å². The Bertz CT molecular complexity index is 1160. The molecule has 1 aromatic carbocycles. The molecular weight excluding hydrogens is 487 g/mol. The SMILES string of the molecule is COC(=O)NCC1CN(c2ccc(N3CCN(C(=O)CNC(=O)c4cccnc4)CC3)c(F)c2)C(=O)O1. The smallest absolute Gasteiger partial charge is 0.414 e. The van der Waals surface area contributed by atoms with Gasteiger partial charge in [0.1, 0.15) is 11.9 Å². The number of piperazine rings is 1. The first-order valence-corrected chi connectivity index (χ1v) is 11.7. The first-order chi connectivity index (χ1) is 17.9. The third kappa shape index (κ3) is 6.23. The number of nitrogens with one attached hydrogen (secondary N) is 2. The first kappa shape index (κ1) is 25.7. The van der Waals surface area contributed by atoms with Gasteiger partial charge in [-0.1, -0.05) is 0 Å². The molecule has 0 bridgehead atoms. The zero-order valence-corrected chi connectivity index (χ0v) is 20.2. The molecule has 2 fully saturated rings. The fourth-order valence-corrected chi connectivity index (χ4v) is 4.09. The summed E-state index contributed by atoms with van der Waals surface area (Å²) in [4.78, 5) is 56.7. The van der Waals surface area contributed by atoms with Crippen molar-refractivity contribution in [2.24, 2.45) is 0 Å². The van der Waals surface area contributed by atoms with Crippen LogP contribution in [0.2, 0.25) is 0 Å². The predicted molar refractivity (Wildman–Crippen MR) is 130 cm³/mol. The van der Waals surface area contributed by atoms with Crippen molar-refractivity contribution in [3.05, 3.63) is 54.1 Å². The van der Waals surface area contributed by atoms with E-state index in [1.165, 1.54) is 24.3 Å². The van der Waals surface area contributed by atoms with Crippen LogP contribution in [0.1, 0.15) is 10.4 Å². The number of hydrogen-bond acceptors (Lipinski definition) is 8. The molecular formula is C24H27FN6O6. The topological polar surface area (TPSA) is 133 Å². The standard InChI is InChI=1S/C24H27FN6O6/c1-36-23(34)28-13-18-15-31(24(35)37-18)17-4-5-20(19(25)11-17)29-7-9-30(10-8-29)21(32)14-27-22(33)16-3-2-6-26-12-16/h2-6,11-12,18H,7-10,13-15H2,1H3,(H,27,33)(H,28,34). The summed E-state index contributed by atoms with van der Waals surface area (Å²) >= 11 is 0. The fourth-order valence-electron chi connectivity index (χ4n) is 4.09. The molecule has 0 spiro atoms. The average molecular weight is 515 g/mol. The van der Waals surface area contributed by atoms with Crippen molar-refractivity contribution in [3.63, 3.8) is 0 Å². The lowest BCUT2D eigenvalue weighted by Gasteiger charge is -2.36.